The number of amides is 1. The lowest BCUT2D eigenvalue weighted by molar-refractivity contribution is -0.384. The van der Waals surface area contributed by atoms with Gasteiger partial charge in [-0.2, -0.15) is 0 Å². The number of rotatable bonds is 4. The molecule has 0 spiro atoms. The second-order valence-electron chi connectivity index (χ2n) is 5.92. The molecule has 0 radical (unpaired) electrons. The van der Waals surface area contributed by atoms with Crippen molar-refractivity contribution >= 4 is 27.3 Å². The molecule has 2 aliphatic heterocycles. The lowest BCUT2D eigenvalue weighted by atomic mass is 10.1. The molecule has 136 valence electrons. The van der Waals surface area contributed by atoms with Gasteiger partial charge in [0.2, 0.25) is 15.9 Å². The monoisotopic (exact) mass is 370 g/mol. The number of nitro benzene ring substituents is 1. The van der Waals surface area contributed by atoms with Crippen LogP contribution in [0.25, 0.3) is 0 Å². The summed E-state index contributed by atoms with van der Waals surface area (Å²) in [5.74, 6) is -0.138. The van der Waals surface area contributed by atoms with E-state index in [4.69, 9.17) is 9.88 Å². The Morgan fingerprint density at radius 3 is 2.56 bits per heavy atom. The minimum absolute atomic E-state index is 0.00254. The molecule has 25 heavy (non-hydrogen) atoms. The van der Waals surface area contributed by atoms with Gasteiger partial charge in [0.25, 0.3) is 5.69 Å². The largest absolute Gasteiger partial charge is 0.378 e. The zero-order valence-electron chi connectivity index (χ0n) is 13.4. The summed E-state index contributed by atoms with van der Waals surface area (Å²) >= 11 is 0. The van der Waals surface area contributed by atoms with Gasteiger partial charge in [0.1, 0.15) is 5.69 Å². The first-order valence-corrected chi connectivity index (χ1v) is 9.26. The van der Waals surface area contributed by atoms with Crippen LogP contribution in [-0.4, -0.2) is 63.5 Å². The molecule has 1 aromatic rings. The normalized spacial score (nSPS) is 17.5. The highest BCUT2D eigenvalue weighted by molar-refractivity contribution is 7.89. The predicted octanol–water partition coefficient (Wildman–Crippen LogP) is -0.536. The molecule has 11 heteroatoms. The van der Waals surface area contributed by atoms with Crippen LogP contribution in [0.5, 0.6) is 0 Å². The second kappa shape index (κ2) is 6.58. The van der Waals surface area contributed by atoms with Crippen molar-refractivity contribution in [1.29, 1.82) is 0 Å². The number of benzene rings is 1. The van der Waals surface area contributed by atoms with E-state index in [1.54, 1.807) is 9.80 Å². The van der Waals surface area contributed by atoms with E-state index in [-0.39, 0.29) is 23.0 Å². The van der Waals surface area contributed by atoms with E-state index in [0.717, 1.165) is 6.07 Å². The quantitative estimate of drug-likeness (QED) is 0.555. The number of carbonyl (C=O) groups excluding carboxylic acids is 1. The van der Waals surface area contributed by atoms with Crippen molar-refractivity contribution in [3.8, 4) is 0 Å². The molecule has 1 aromatic carbocycles. The van der Waals surface area contributed by atoms with Crippen LogP contribution in [0.4, 0.5) is 11.4 Å². The summed E-state index contributed by atoms with van der Waals surface area (Å²) in [6.07, 6.45) is 0.413. The molecule has 0 bridgehead atoms. The number of ether oxygens (including phenoxy) is 1. The number of anilines is 1. The van der Waals surface area contributed by atoms with Gasteiger partial charge < -0.3 is 14.5 Å². The van der Waals surface area contributed by atoms with Gasteiger partial charge >= 0.3 is 0 Å². The second-order valence-corrected chi connectivity index (χ2v) is 7.48. The number of fused-ring (bicyclic) bond motifs is 1. The lowest BCUT2D eigenvalue weighted by Gasteiger charge is -2.29. The van der Waals surface area contributed by atoms with Crippen LogP contribution in [0.1, 0.15) is 5.56 Å². The zero-order chi connectivity index (χ0) is 18.2. The Hall–Kier alpha value is -2.24. The van der Waals surface area contributed by atoms with E-state index in [2.05, 4.69) is 0 Å². The summed E-state index contributed by atoms with van der Waals surface area (Å²) in [4.78, 5) is 26.2. The number of nitrogens with zero attached hydrogens (tertiary/aromatic N) is 3. The van der Waals surface area contributed by atoms with Crippen LogP contribution in [0.15, 0.2) is 17.0 Å². The summed E-state index contributed by atoms with van der Waals surface area (Å²) in [7, 11) is -4.05. The smallest absolute Gasteiger partial charge is 0.294 e. The molecule has 1 fully saturated rings. The van der Waals surface area contributed by atoms with Crippen molar-refractivity contribution in [3.63, 3.8) is 0 Å². The molecule has 0 saturated carbocycles. The molecule has 0 unspecified atom stereocenters. The van der Waals surface area contributed by atoms with Crippen molar-refractivity contribution < 1.29 is 22.9 Å². The number of hydrogen-bond acceptors (Lipinski definition) is 7. The fourth-order valence-electron chi connectivity index (χ4n) is 3.11. The fourth-order valence-corrected chi connectivity index (χ4v) is 3.69. The number of sulfonamides is 1. The van der Waals surface area contributed by atoms with E-state index in [1.165, 1.54) is 6.07 Å². The molecular formula is C14H18N4O6S. The summed E-state index contributed by atoms with van der Waals surface area (Å²) < 4.78 is 28.3. The third-order valence-electron chi connectivity index (χ3n) is 4.32. The minimum atomic E-state index is -4.05. The van der Waals surface area contributed by atoms with Gasteiger partial charge in [-0.25, -0.2) is 13.6 Å². The number of primary sulfonamides is 1. The highest BCUT2D eigenvalue weighted by Gasteiger charge is 2.33. The van der Waals surface area contributed by atoms with Crippen LogP contribution in [-0.2, 0) is 26.0 Å². The molecular weight excluding hydrogens is 352 g/mol. The van der Waals surface area contributed by atoms with Crippen molar-refractivity contribution in [2.45, 2.75) is 11.3 Å². The van der Waals surface area contributed by atoms with Crippen LogP contribution in [0.2, 0.25) is 0 Å². The van der Waals surface area contributed by atoms with E-state index in [1.807, 2.05) is 0 Å². The Morgan fingerprint density at radius 2 is 1.96 bits per heavy atom. The van der Waals surface area contributed by atoms with Gasteiger partial charge in [0, 0.05) is 25.7 Å². The fraction of sp³-hybridized carbons (Fsp3) is 0.500. The molecule has 0 atom stereocenters. The predicted molar refractivity (Wildman–Crippen MR) is 87.8 cm³/mol. The van der Waals surface area contributed by atoms with E-state index >= 15 is 0 Å². The van der Waals surface area contributed by atoms with Gasteiger partial charge in [-0.1, -0.05) is 0 Å². The molecule has 0 aromatic heterocycles. The van der Waals surface area contributed by atoms with E-state index in [0.29, 0.717) is 50.5 Å². The Bertz CT molecular complexity index is 819. The van der Waals surface area contributed by atoms with Gasteiger partial charge in [0.05, 0.1) is 29.6 Å². The molecule has 2 N–H and O–H groups in total. The zero-order valence-corrected chi connectivity index (χ0v) is 14.2. The highest BCUT2D eigenvalue weighted by atomic mass is 32.2. The summed E-state index contributed by atoms with van der Waals surface area (Å²) in [5, 5.41) is 16.5. The summed E-state index contributed by atoms with van der Waals surface area (Å²) in [6, 6.07) is 2.29. The van der Waals surface area contributed by atoms with Crippen molar-refractivity contribution in [3.05, 3.63) is 27.8 Å². The SMILES string of the molecule is NS(=O)(=O)c1cc2c(c([N+](=O)[O-])c1)N(CC(=O)N1CCOCC1)CC2. The number of nitro groups is 1. The van der Waals surface area contributed by atoms with Crippen LogP contribution in [0.3, 0.4) is 0 Å². The summed E-state index contributed by atoms with van der Waals surface area (Å²) in [6.45, 7) is 2.33. The van der Waals surface area contributed by atoms with Gasteiger partial charge in [-0.05, 0) is 18.1 Å². The maximum Gasteiger partial charge on any atom is 0.294 e. The molecule has 2 heterocycles. The third-order valence-corrected chi connectivity index (χ3v) is 5.22. The van der Waals surface area contributed by atoms with Crippen LogP contribution < -0.4 is 10.0 Å². The third kappa shape index (κ3) is 3.57. The van der Waals surface area contributed by atoms with E-state index < -0.39 is 14.9 Å². The first-order chi connectivity index (χ1) is 11.8. The average Bonchev–Trinajstić information content (AvgIpc) is 2.97. The number of nitrogens with two attached hydrogens (primary N) is 1. The molecule has 1 saturated heterocycles. The summed E-state index contributed by atoms with van der Waals surface area (Å²) in [5.41, 5.74) is 0.445. The molecule has 0 aliphatic carbocycles. The maximum absolute atomic E-state index is 12.4. The Morgan fingerprint density at radius 1 is 1.28 bits per heavy atom. The van der Waals surface area contributed by atoms with Gasteiger partial charge in [-0.15, -0.1) is 0 Å². The Kier molecular flexibility index (Phi) is 4.62. The molecule has 1 amide bonds. The van der Waals surface area contributed by atoms with Crippen LogP contribution in [0, 0.1) is 10.1 Å². The maximum atomic E-state index is 12.4. The Balaban J connectivity index is 1.90. The topological polar surface area (TPSA) is 136 Å². The van der Waals surface area contributed by atoms with Crippen LogP contribution >= 0.6 is 0 Å². The molecule has 2 aliphatic rings. The van der Waals surface area contributed by atoms with Crippen molar-refractivity contribution in [1.82, 2.24) is 4.90 Å². The first kappa shape index (κ1) is 17.6. The standard InChI is InChI=1S/C14H18N4O6S/c15-25(22,23)11-7-10-1-2-17(14(10)12(8-11)18(20)21)9-13(19)16-3-5-24-6-4-16/h7-8H,1-6,9H2,(H2,15,22,23). The van der Waals surface area contributed by atoms with Gasteiger partial charge in [-0.3, -0.25) is 14.9 Å². The van der Waals surface area contributed by atoms with E-state index in [9.17, 15) is 23.3 Å². The number of carbonyl (C=O) groups is 1. The number of hydrogen-bond donors (Lipinski definition) is 1. The number of morpholine rings is 1. The van der Waals surface area contributed by atoms with Crippen molar-refractivity contribution in [2.24, 2.45) is 5.14 Å². The van der Waals surface area contributed by atoms with Crippen molar-refractivity contribution in [2.75, 3.05) is 44.3 Å². The minimum Gasteiger partial charge on any atom is -0.378 e. The molecule has 10 nitrogen and oxygen atoms in total. The first-order valence-electron chi connectivity index (χ1n) is 7.72. The Labute approximate surface area is 144 Å². The molecule has 3 rings (SSSR count). The highest BCUT2D eigenvalue weighted by Crippen LogP contribution is 2.38. The average molecular weight is 370 g/mol. The lowest BCUT2D eigenvalue weighted by Crippen LogP contribution is -2.45. The van der Waals surface area contributed by atoms with Gasteiger partial charge in [0.15, 0.2) is 0 Å².